The Bertz CT molecular complexity index is 610. The van der Waals surface area contributed by atoms with E-state index in [1.165, 1.54) is 25.4 Å². The number of carbonyl (C=O) groups excluding carboxylic acids is 3. The molecule has 8 heteroatoms. The van der Waals surface area contributed by atoms with E-state index in [0.29, 0.717) is 4.91 Å². The Labute approximate surface area is 132 Å². The molecular formula is C12H10BrNO4S2. The Balaban J connectivity index is 2.25. The topological polar surface area (TPSA) is 63.7 Å². The second-order valence-electron chi connectivity index (χ2n) is 3.92. The molecule has 2 heterocycles. The first-order valence-corrected chi connectivity index (χ1v) is 8.02. The molecule has 2 amide bonds. The van der Waals surface area contributed by atoms with Gasteiger partial charge in [-0.25, -0.2) is 4.79 Å². The molecule has 1 saturated heterocycles. The normalized spacial score (nSPS) is 18.8. The van der Waals surface area contributed by atoms with Crippen LogP contribution in [0.5, 0.6) is 0 Å². The van der Waals surface area contributed by atoms with Gasteiger partial charge in [0.1, 0.15) is 6.04 Å². The van der Waals surface area contributed by atoms with E-state index in [-0.39, 0.29) is 0 Å². The van der Waals surface area contributed by atoms with Crippen molar-refractivity contribution in [2.75, 3.05) is 7.11 Å². The van der Waals surface area contributed by atoms with Gasteiger partial charge in [0, 0.05) is 14.7 Å². The number of thioether (sulfide) groups is 1. The maximum absolute atomic E-state index is 12.2. The summed E-state index contributed by atoms with van der Waals surface area (Å²) in [7, 11) is 1.22. The average molecular weight is 376 g/mol. The van der Waals surface area contributed by atoms with Gasteiger partial charge >= 0.3 is 5.97 Å². The third-order valence-electron chi connectivity index (χ3n) is 2.61. The number of imide groups is 1. The van der Waals surface area contributed by atoms with E-state index in [2.05, 4.69) is 20.7 Å². The number of nitrogens with zero attached hydrogens (tertiary/aromatic N) is 1. The highest BCUT2D eigenvalue weighted by molar-refractivity contribution is 9.10. The van der Waals surface area contributed by atoms with Gasteiger partial charge in [-0.1, -0.05) is 0 Å². The number of esters is 1. The number of halogens is 1. The second kappa shape index (κ2) is 6.11. The summed E-state index contributed by atoms with van der Waals surface area (Å²) >= 11 is 5.60. The highest BCUT2D eigenvalue weighted by Crippen LogP contribution is 2.35. The third kappa shape index (κ3) is 2.97. The molecule has 1 unspecified atom stereocenters. The van der Waals surface area contributed by atoms with Crippen LogP contribution < -0.4 is 0 Å². The molecule has 0 radical (unpaired) electrons. The summed E-state index contributed by atoms with van der Waals surface area (Å²) in [6.45, 7) is 1.47. The minimum Gasteiger partial charge on any atom is -0.467 e. The van der Waals surface area contributed by atoms with Crippen LogP contribution in [0.1, 0.15) is 11.8 Å². The first-order valence-electron chi connectivity index (χ1n) is 5.53. The summed E-state index contributed by atoms with van der Waals surface area (Å²) < 4.78 is 5.47. The van der Waals surface area contributed by atoms with Crippen molar-refractivity contribution in [3.63, 3.8) is 0 Å². The quantitative estimate of drug-likeness (QED) is 0.599. The van der Waals surface area contributed by atoms with Gasteiger partial charge in [0.2, 0.25) is 0 Å². The van der Waals surface area contributed by atoms with Crippen LogP contribution in [0.15, 0.2) is 20.8 Å². The number of hydrogen-bond acceptors (Lipinski definition) is 6. The summed E-state index contributed by atoms with van der Waals surface area (Å²) in [5.41, 5.74) is 0. The summed E-state index contributed by atoms with van der Waals surface area (Å²) in [5, 5.41) is 1.42. The lowest BCUT2D eigenvalue weighted by Crippen LogP contribution is -2.42. The van der Waals surface area contributed by atoms with Gasteiger partial charge in [-0.2, -0.15) is 0 Å². The molecule has 1 fully saturated rings. The van der Waals surface area contributed by atoms with Crippen LogP contribution in [0.2, 0.25) is 0 Å². The van der Waals surface area contributed by atoms with Crippen LogP contribution >= 0.6 is 39.0 Å². The Morgan fingerprint density at radius 1 is 1.50 bits per heavy atom. The van der Waals surface area contributed by atoms with Crippen molar-refractivity contribution in [2.45, 2.75) is 13.0 Å². The van der Waals surface area contributed by atoms with Crippen molar-refractivity contribution in [2.24, 2.45) is 0 Å². The summed E-state index contributed by atoms with van der Waals surface area (Å²) in [4.78, 5) is 37.6. The SMILES string of the molecule is COC(=O)C(C)N1C(=O)S/C(=C\c2cc(Br)cs2)C1=O. The number of amides is 2. The van der Waals surface area contributed by atoms with E-state index in [4.69, 9.17) is 0 Å². The number of hydrogen-bond donors (Lipinski definition) is 0. The zero-order valence-corrected chi connectivity index (χ0v) is 13.8. The highest BCUT2D eigenvalue weighted by atomic mass is 79.9. The molecular weight excluding hydrogens is 366 g/mol. The van der Waals surface area contributed by atoms with Gasteiger partial charge in [-0.05, 0) is 46.8 Å². The number of methoxy groups -OCH3 is 1. The largest absolute Gasteiger partial charge is 0.467 e. The maximum Gasteiger partial charge on any atom is 0.328 e. The number of carbonyl (C=O) groups is 3. The molecule has 1 aromatic rings. The Kier molecular flexibility index (Phi) is 4.66. The molecule has 2 rings (SSSR count). The molecule has 5 nitrogen and oxygen atoms in total. The molecule has 0 aromatic carbocycles. The minimum absolute atomic E-state index is 0.306. The van der Waals surface area contributed by atoms with Crippen molar-refractivity contribution in [1.82, 2.24) is 4.90 Å². The Morgan fingerprint density at radius 3 is 2.75 bits per heavy atom. The third-order valence-corrected chi connectivity index (χ3v) is 5.14. The van der Waals surface area contributed by atoms with Crippen LogP contribution in [0.3, 0.4) is 0 Å². The van der Waals surface area contributed by atoms with E-state index in [0.717, 1.165) is 26.0 Å². The molecule has 1 aliphatic heterocycles. The van der Waals surface area contributed by atoms with E-state index in [9.17, 15) is 14.4 Å². The average Bonchev–Trinajstić information content (AvgIpc) is 2.93. The maximum atomic E-state index is 12.2. The van der Waals surface area contributed by atoms with Gasteiger partial charge in [0.15, 0.2) is 0 Å². The number of rotatable bonds is 3. The predicted octanol–water partition coefficient (Wildman–Crippen LogP) is 3.11. The van der Waals surface area contributed by atoms with Crippen molar-refractivity contribution in [3.05, 3.63) is 25.7 Å². The standard InChI is InChI=1S/C12H10BrNO4S2/c1-6(11(16)18-2)14-10(15)9(20-12(14)17)4-8-3-7(13)5-19-8/h3-6H,1-2H3/b9-4-. The first-order chi connectivity index (χ1) is 9.43. The smallest absolute Gasteiger partial charge is 0.328 e. The molecule has 0 saturated carbocycles. The van der Waals surface area contributed by atoms with Gasteiger partial charge in [0.05, 0.1) is 12.0 Å². The minimum atomic E-state index is -0.923. The van der Waals surface area contributed by atoms with Crippen molar-refractivity contribution >= 4 is 62.2 Å². The lowest BCUT2D eigenvalue weighted by molar-refractivity contribution is -0.148. The molecule has 0 aliphatic carbocycles. The fourth-order valence-electron chi connectivity index (χ4n) is 1.62. The monoisotopic (exact) mass is 375 g/mol. The molecule has 1 aromatic heterocycles. The fraction of sp³-hybridized carbons (Fsp3) is 0.250. The molecule has 106 valence electrons. The molecule has 1 atom stereocenters. The van der Waals surface area contributed by atoms with Crippen molar-refractivity contribution in [3.8, 4) is 0 Å². The fourth-order valence-corrected chi connectivity index (χ4v) is 3.97. The van der Waals surface area contributed by atoms with Crippen molar-refractivity contribution in [1.29, 1.82) is 0 Å². The molecule has 20 heavy (non-hydrogen) atoms. The van der Waals surface area contributed by atoms with Crippen LogP contribution in [-0.2, 0) is 14.3 Å². The summed E-state index contributed by atoms with van der Waals surface area (Å²) in [5.74, 6) is -1.09. The van der Waals surface area contributed by atoms with Gasteiger partial charge in [0.25, 0.3) is 11.1 Å². The van der Waals surface area contributed by atoms with E-state index < -0.39 is 23.2 Å². The second-order valence-corrected chi connectivity index (χ2v) is 6.77. The highest BCUT2D eigenvalue weighted by Gasteiger charge is 2.41. The van der Waals surface area contributed by atoms with Crippen LogP contribution in [-0.4, -0.2) is 35.2 Å². The van der Waals surface area contributed by atoms with Gasteiger partial charge in [-0.15, -0.1) is 11.3 Å². The Morgan fingerprint density at radius 2 is 2.20 bits per heavy atom. The van der Waals surface area contributed by atoms with E-state index in [1.54, 1.807) is 6.08 Å². The van der Waals surface area contributed by atoms with Gasteiger partial charge in [-0.3, -0.25) is 14.5 Å². The van der Waals surface area contributed by atoms with Crippen LogP contribution in [0.25, 0.3) is 6.08 Å². The number of ether oxygens (including phenoxy) is 1. The molecule has 0 bridgehead atoms. The molecule has 0 N–H and O–H groups in total. The van der Waals surface area contributed by atoms with Crippen LogP contribution in [0.4, 0.5) is 4.79 Å². The van der Waals surface area contributed by atoms with Crippen molar-refractivity contribution < 1.29 is 19.1 Å². The Hall–Kier alpha value is -1.12. The van der Waals surface area contributed by atoms with E-state index >= 15 is 0 Å². The number of thiophene rings is 1. The lowest BCUT2D eigenvalue weighted by atomic mass is 10.3. The zero-order valence-electron chi connectivity index (χ0n) is 10.6. The zero-order chi connectivity index (χ0) is 14.9. The first kappa shape index (κ1) is 15.3. The van der Waals surface area contributed by atoms with Crippen LogP contribution in [0, 0.1) is 0 Å². The lowest BCUT2D eigenvalue weighted by Gasteiger charge is -2.18. The summed E-state index contributed by atoms with van der Waals surface area (Å²) in [6, 6.07) is 0.927. The molecule has 0 spiro atoms. The van der Waals surface area contributed by atoms with Gasteiger partial charge < -0.3 is 4.74 Å². The summed E-state index contributed by atoms with van der Waals surface area (Å²) in [6.07, 6.45) is 1.64. The van der Waals surface area contributed by atoms with E-state index in [1.807, 2.05) is 11.4 Å². The molecule has 1 aliphatic rings. The predicted molar refractivity (Wildman–Crippen MR) is 81.3 cm³/mol.